The lowest BCUT2D eigenvalue weighted by molar-refractivity contribution is 0.520. The number of hydrogen-bond acceptors (Lipinski definition) is 3. The van der Waals surface area contributed by atoms with Gasteiger partial charge in [-0.1, -0.05) is 18.2 Å². The summed E-state index contributed by atoms with van der Waals surface area (Å²) in [5.74, 6) is 0. The summed E-state index contributed by atoms with van der Waals surface area (Å²) in [5.41, 5.74) is 1.33. The molecule has 2 aromatic rings. The maximum Gasteiger partial charge on any atom is 0.245 e. The van der Waals surface area contributed by atoms with Crippen molar-refractivity contribution in [3.63, 3.8) is 0 Å². The summed E-state index contributed by atoms with van der Waals surface area (Å²) in [5, 5.41) is 4.24. The Morgan fingerprint density at radius 2 is 1.78 bits per heavy atom. The fourth-order valence-corrected chi connectivity index (χ4v) is 2.65. The minimum atomic E-state index is -3.44. The predicted octanol–water partition coefficient (Wildman–Crippen LogP) is 1.43. The summed E-state index contributed by atoms with van der Waals surface area (Å²) in [7, 11) is -0.428. The first-order valence-corrected chi connectivity index (χ1v) is 6.91. The SMILES string of the molecule is Cc1nn(-c2ccccc2)cc1S(=O)(=O)N(C)C. The van der Waals surface area contributed by atoms with Crippen LogP contribution >= 0.6 is 0 Å². The molecule has 0 saturated carbocycles. The van der Waals surface area contributed by atoms with Crippen molar-refractivity contribution >= 4 is 10.0 Å². The molecule has 0 spiro atoms. The normalized spacial score (nSPS) is 12.0. The van der Waals surface area contributed by atoms with Crippen molar-refractivity contribution in [3.8, 4) is 5.69 Å². The van der Waals surface area contributed by atoms with Gasteiger partial charge >= 0.3 is 0 Å². The molecule has 96 valence electrons. The molecule has 0 N–H and O–H groups in total. The Balaban J connectivity index is 2.53. The van der Waals surface area contributed by atoms with Crippen LogP contribution in [0.4, 0.5) is 0 Å². The van der Waals surface area contributed by atoms with Crippen LogP contribution in [0, 0.1) is 6.92 Å². The predicted molar refractivity (Wildman–Crippen MR) is 69.2 cm³/mol. The van der Waals surface area contributed by atoms with Crippen LogP contribution in [-0.4, -0.2) is 36.6 Å². The number of rotatable bonds is 3. The smallest absolute Gasteiger partial charge is 0.239 e. The molecule has 0 aliphatic rings. The molecule has 0 aliphatic carbocycles. The Morgan fingerprint density at radius 1 is 1.17 bits per heavy atom. The molecular formula is C12H15N3O2S. The maximum atomic E-state index is 12.1. The zero-order chi connectivity index (χ0) is 13.3. The fourth-order valence-electron chi connectivity index (χ4n) is 1.61. The summed E-state index contributed by atoms with van der Waals surface area (Å²) in [6.07, 6.45) is 1.54. The van der Waals surface area contributed by atoms with Crippen molar-refractivity contribution in [2.24, 2.45) is 0 Å². The summed E-state index contributed by atoms with van der Waals surface area (Å²) >= 11 is 0. The second kappa shape index (κ2) is 4.55. The van der Waals surface area contributed by atoms with E-state index in [2.05, 4.69) is 5.10 Å². The van der Waals surface area contributed by atoms with Crippen molar-refractivity contribution < 1.29 is 8.42 Å². The maximum absolute atomic E-state index is 12.1. The van der Waals surface area contributed by atoms with Gasteiger partial charge in [-0.3, -0.25) is 0 Å². The van der Waals surface area contributed by atoms with Gasteiger partial charge in [-0.2, -0.15) is 5.10 Å². The van der Waals surface area contributed by atoms with Gasteiger partial charge in [0.25, 0.3) is 0 Å². The number of sulfonamides is 1. The number of aryl methyl sites for hydroxylation is 1. The average Bonchev–Trinajstić information content (AvgIpc) is 2.73. The molecule has 0 aliphatic heterocycles. The molecule has 0 unspecified atom stereocenters. The van der Waals surface area contributed by atoms with E-state index >= 15 is 0 Å². The van der Waals surface area contributed by atoms with E-state index in [1.165, 1.54) is 18.4 Å². The van der Waals surface area contributed by atoms with Crippen LogP contribution in [0.1, 0.15) is 5.69 Å². The number of benzene rings is 1. The summed E-state index contributed by atoms with van der Waals surface area (Å²) in [6.45, 7) is 1.69. The van der Waals surface area contributed by atoms with Gasteiger partial charge < -0.3 is 0 Å². The van der Waals surface area contributed by atoms with Crippen LogP contribution in [0.2, 0.25) is 0 Å². The molecule has 1 aromatic carbocycles. The molecule has 6 heteroatoms. The number of hydrogen-bond donors (Lipinski definition) is 0. The second-order valence-electron chi connectivity index (χ2n) is 4.15. The summed E-state index contributed by atoms with van der Waals surface area (Å²) < 4.78 is 26.9. The van der Waals surface area contributed by atoms with Crippen LogP contribution in [0.15, 0.2) is 41.4 Å². The Kier molecular flexibility index (Phi) is 3.23. The lowest BCUT2D eigenvalue weighted by atomic mass is 10.3. The molecule has 0 atom stereocenters. The largest absolute Gasteiger partial charge is 0.245 e. The summed E-state index contributed by atoms with van der Waals surface area (Å²) in [4.78, 5) is 0.233. The van der Waals surface area contributed by atoms with E-state index in [0.717, 1.165) is 5.69 Å². The quantitative estimate of drug-likeness (QED) is 0.843. The highest BCUT2D eigenvalue weighted by Crippen LogP contribution is 2.18. The van der Waals surface area contributed by atoms with E-state index in [0.29, 0.717) is 5.69 Å². The van der Waals surface area contributed by atoms with Gasteiger partial charge in [0.15, 0.2) is 0 Å². The van der Waals surface area contributed by atoms with E-state index in [1.807, 2.05) is 30.3 Å². The number of aromatic nitrogens is 2. The van der Waals surface area contributed by atoms with E-state index in [-0.39, 0.29) is 4.90 Å². The molecule has 0 radical (unpaired) electrons. The van der Waals surface area contributed by atoms with Crippen LogP contribution in [0.5, 0.6) is 0 Å². The first-order chi connectivity index (χ1) is 8.43. The molecule has 0 bridgehead atoms. The van der Waals surface area contributed by atoms with Gasteiger partial charge in [-0.15, -0.1) is 0 Å². The van der Waals surface area contributed by atoms with Crippen molar-refractivity contribution in [1.29, 1.82) is 0 Å². The third-order valence-electron chi connectivity index (χ3n) is 2.63. The van der Waals surface area contributed by atoms with Crippen LogP contribution < -0.4 is 0 Å². The van der Waals surface area contributed by atoms with Crippen LogP contribution in [0.3, 0.4) is 0 Å². The van der Waals surface area contributed by atoms with Crippen molar-refractivity contribution in [3.05, 3.63) is 42.2 Å². The van der Waals surface area contributed by atoms with E-state index in [4.69, 9.17) is 0 Å². The van der Waals surface area contributed by atoms with Crippen molar-refractivity contribution in [1.82, 2.24) is 14.1 Å². The molecule has 1 heterocycles. The molecule has 0 amide bonds. The molecule has 1 aromatic heterocycles. The highest BCUT2D eigenvalue weighted by atomic mass is 32.2. The van der Waals surface area contributed by atoms with Gasteiger partial charge in [0.2, 0.25) is 10.0 Å². The Morgan fingerprint density at radius 3 is 2.33 bits per heavy atom. The monoisotopic (exact) mass is 265 g/mol. The minimum absolute atomic E-state index is 0.233. The Hall–Kier alpha value is -1.66. The molecule has 0 fully saturated rings. The Labute approximate surface area is 107 Å². The van der Waals surface area contributed by atoms with Crippen LogP contribution in [0.25, 0.3) is 5.69 Å². The van der Waals surface area contributed by atoms with Gasteiger partial charge in [0.1, 0.15) is 4.90 Å². The number of nitrogens with zero attached hydrogens (tertiary/aromatic N) is 3. The minimum Gasteiger partial charge on any atom is -0.239 e. The highest BCUT2D eigenvalue weighted by Gasteiger charge is 2.22. The standard InChI is InChI=1S/C12H15N3O2S/c1-10-12(18(16,17)14(2)3)9-15(13-10)11-7-5-4-6-8-11/h4-9H,1-3H3. The second-order valence-corrected chi connectivity index (χ2v) is 6.27. The lowest BCUT2D eigenvalue weighted by Crippen LogP contribution is -2.22. The third-order valence-corrected chi connectivity index (χ3v) is 4.55. The third kappa shape index (κ3) is 2.16. The Bertz CT molecular complexity index is 645. The topological polar surface area (TPSA) is 55.2 Å². The van der Waals surface area contributed by atoms with Crippen LogP contribution in [-0.2, 0) is 10.0 Å². The average molecular weight is 265 g/mol. The zero-order valence-electron chi connectivity index (χ0n) is 10.5. The van der Waals surface area contributed by atoms with Gasteiger partial charge in [0.05, 0.1) is 17.6 Å². The van der Waals surface area contributed by atoms with Gasteiger partial charge in [-0.25, -0.2) is 17.4 Å². The summed E-state index contributed by atoms with van der Waals surface area (Å²) in [6, 6.07) is 9.41. The van der Waals surface area contributed by atoms with E-state index < -0.39 is 10.0 Å². The number of para-hydroxylation sites is 1. The van der Waals surface area contributed by atoms with Gasteiger partial charge in [0, 0.05) is 14.1 Å². The fraction of sp³-hybridized carbons (Fsp3) is 0.250. The zero-order valence-corrected chi connectivity index (χ0v) is 11.3. The van der Waals surface area contributed by atoms with Crippen molar-refractivity contribution in [2.45, 2.75) is 11.8 Å². The molecule has 5 nitrogen and oxygen atoms in total. The highest BCUT2D eigenvalue weighted by molar-refractivity contribution is 7.89. The van der Waals surface area contributed by atoms with Crippen molar-refractivity contribution in [2.75, 3.05) is 14.1 Å². The first kappa shape index (κ1) is 12.8. The first-order valence-electron chi connectivity index (χ1n) is 5.47. The van der Waals surface area contributed by atoms with Gasteiger partial charge in [-0.05, 0) is 19.1 Å². The van der Waals surface area contributed by atoms with E-state index in [1.54, 1.807) is 17.8 Å². The molecule has 2 rings (SSSR count). The molecular weight excluding hydrogens is 250 g/mol. The molecule has 0 saturated heterocycles. The lowest BCUT2D eigenvalue weighted by Gasteiger charge is -2.09. The van der Waals surface area contributed by atoms with E-state index in [9.17, 15) is 8.42 Å². The molecule has 18 heavy (non-hydrogen) atoms.